The Morgan fingerprint density at radius 3 is 2.94 bits per heavy atom. The summed E-state index contributed by atoms with van der Waals surface area (Å²) in [5, 5.41) is 10.7. The molecule has 2 rings (SSSR count). The summed E-state index contributed by atoms with van der Waals surface area (Å²) in [5.74, 6) is 6.03. The van der Waals surface area contributed by atoms with Crippen molar-refractivity contribution in [2.24, 2.45) is 22.6 Å². The summed E-state index contributed by atoms with van der Waals surface area (Å²) in [5.41, 5.74) is 10.1. The molecule has 5 heteroatoms. The number of allylic oxidation sites excluding steroid dienone is 2. The Morgan fingerprint density at radius 1 is 1.56 bits per heavy atom. The molecular weight excluding hydrogens is 202 g/mol. The molecule has 0 saturated heterocycles. The average Bonchev–Trinajstić information content (AvgIpc) is 2.86. The van der Waals surface area contributed by atoms with Crippen LogP contribution in [0, 0.1) is 5.92 Å². The maximum atomic E-state index is 5.69. The first-order chi connectivity index (χ1) is 7.67. The number of nitrogens with zero attached hydrogens (tertiary/aromatic N) is 2. The van der Waals surface area contributed by atoms with E-state index in [-0.39, 0.29) is 0 Å². The van der Waals surface area contributed by atoms with E-state index in [0.717, 1.165) is 24.1 Å². The van der Waals surface area contributed by atoms with Crippen molar-refractivity contribution >= 4 is 5.84 Å². The van der Waals surface area contributed by atoms with Gasteiger partial charge < -0.3 is 11.6 Å². The number of fused-ring (bicyclic) bond motifs is 1. The molecule has 0 radical (unpaired) electrons. The summed E-state index contributed by atoms with van der Waals surface area (Å²) in [7, 11) is 0. The Kier molecular flexibility index (Phi) is 2.68. The Morgan fingerprint density at radius 2 is 2.31 bits per heavy atom. The highest BCUT2D eigenvalue weighted by atomic mass is 15.2. The lowest BCUT2D eigenvalue weighted by Crippen LogP contribution is -2.18. The molecule has 1 heterocycles. The molecule has 1 unspecified atom stereocenters. The molecule has 5 nitrogen and oxygen atoms in total. The van der Waals surface area contributed by atoms with Crippen molar-refractivity contribution < 1.29 is 0 Å². The van der Waals surface area contributed by atoms with E-state index in [9.17, 15) is 0 Å². The molecule has 1 aromatic heterocycles. The van der Waals surface area contributed by atoms with E-state index in [2.05, 4.69) is 35.2 Å². The number of amidine groups is 1. The van der Waals surface area contributed by atoms with Crippen molar-refractivity contribution in [3.8, 4) is 0 Å². The number of aromatic amines is 1. The maximum Gasteiger partial charge on any atom is 0.171 e. The molecule has 0 aliphatic heterocycles. The topological polar surface area (TPSA) is 93.1 Å². The second kappa shape index (κ2) is 4.00. The molecule has 0 bridgehead atoms. The third kappa shape index (κ3) is 1.58. The molecule has 0 aromatic carbocycles. The summed E-state index contributed by atoms with van der Waals surface area (Å²) in [6, 6.07) is 0. The van der Waals surface area contributed by atoms with Crippen LogP contribution in [0.3, 0.4) is 0 Å². The van der Waals surface area contributed by atoms with Crippen LogP contribution in [0.25, 0.3) is 0 Å². The fourth-order valence-corrected chi connectivity index (χ4v) is 2.19. The molecule has 0 spiro atoms. The maximum absolute atomic E-state index is 5.69. The molecule has 1 aliphatic carbocycles. The molecule has 1 aromatic rings. The SMILES string of the molecule is C/C=C(\C)C1Cc2[nH]nc(/C(N)=N/N)c2C1. The van der Waals surface area contributed by atoms with Gasteiger partial charge in [0.2, 0.25) is 0 Å². The van der Waals surface area contributed by atoms with Gasteiger partial charge in [-0.25, -0.2) is 0 Å². The highest BCUT2D eigenvalue weighted by molar-refractivity contribution is 5.97. The van der Waals surface area contributed by atoms with E-state index in [1.165, 1.54) is 5.57 Å². The van der Waals surface area contributed by atoms with Gasteiger partial charge in [-0.1, -0.05) is 11.6 Å². The second-order valence-corrected chi connectivity index (χ2v) is 4.18. The first kappa shape index (κ1) is 10.7. The molecule has 16 heavy (non-hydrogen) atoms. The summed E-state index contributed by atoms with van der Waals surface area (Å²) in [6.07, 6.45) is 4.12. The number of nitrogens with two attached hydrogens (primary N) is 2. The van der Waals surface area contributed by atoms with Gasteiger partial charge in [0, 0.05) is 11.3 Å². The van der Waals surface area contributed by atoms with Crippen molar-refractivity contribution in [1.29, 1.82) is 0 Å². The Labute approximate surface area is 94.6 Å². The molecular formula is C11H17N5. The lowest BCUT2D eigenvalue weighted by molar-refractivity contribution is 0.644. The van der Waals surface area contributed by atoms with Crippen LogP contribution in [0.1, 0.15) is 30.8 Å². The van der Waals surface area contributed by atoms with E-state index < -0.39 is 0 Å². The first-order valence-corrected chi connectivity index (χ1v) is 5.40. The van der Waals surface area contributed by atoms with E-state index in [1.54, 1.807) is 0 Å². The van der Waals surface area contributed by atoms with Gasteiger partial charge in [-0.2, -0.15) is 10.2 Å². The second-order valence-electron chi connectivity index (χ2n) is 4.18. The van der Waals surface area contributed by atoms with Gasteiger partial charge in [0.15, 0.2) is 5.84 Å². The largest absolute Gasteiger partial charge is 0.380 e. The third-order valence-corrected chi connectivity index (χ3v) is 3.33. The summed E-state index contributed by atoms with van der Waals surface area (Å²) < 4.78 is 0. The summed E-state index contributed by atoms with van der Waals surface area (Å²) >= 11 is 0. The van der Waals surface area contributed by atoms with Crippen LogP contribution in [0.15, 0.2) is 16.8 Å². The number of aromatic nitrogens is 2. The van der Waals surface area contributed by atoms with Gasteiger partial charge in [0.05, 0.1) is 0 Å². The Bertz CT molecular complexity index is 455. The fraction of sp³-hybridized carbons (Fsp3) is 0.455. The van der Waals surface area contributed by atoms with Crippen molar-refractivity contribution in [1.82, 2.24) is 10.2 Å². The van der Waals surface area contributed by atoms with Crippen LogP contribution in [-0.2, 0) is 12.8 Å². The number of hydrogen-bond acceptors (Lipinski definition) is 3. The number of hydrogen-bond donors (Lipinski definition) is 3. The molecule has 0 fully saturated rings. The molecule has 0 saturated carbocycles. The lowest BCUT2D eigenvalue weighted by atomic mass is 9.97. The molecule has 86 valence electrons. The number of rotatable bonds is 2. The smallest absolute Gasteiger partial charge is 0.171 e. The predicted octanol–water partition coefficient (Wildman–Crippen LogP) is 0.670. The minimum absolute atomic E-state index is 0.302. The van der Waals surface area contributed by atoms with E-state index in [1.807, 2.05) is 0 Å². The van der Waals surface area contributed by atoms with Gasteiger partial charge in [0.1, 0.15) is 5.69 Å². The highest BCUT2D eigenvalue weighted by Gasteiger charge is 2.28. The average molecular weight is 219 g/mol. The minimum atomic E-state index is 0.302. The Hall–Kier alpha value is -1.78. The molecule has 5 N–H and O–H groups in total. The zero-order valence-electron chi connectivity index (χ0n) is 9.62. The first-order valence-electron chi connectivity index (χ1n) is 5.40. The van der Waals surface area contributed by atoms with Gasteiger partial charge >= 0.3 is 0 Å². The fourth-order valence-electron chi connectivity index (χ4n) is 2.19. The third-order valence-electron chi connectivity index (χ3n) is 3.33. The van der Waals surface area contributed by atoms with Crippen molar-refractivity contribution in [3.63, 3.8) is 0 Å². The number of H-pyrrole nitrogens is 1. The van der Waals surface area contributed by atoms with Crippen LogP contribution in [0.4, 0.5) is 0 Å². The predicted molar refractivity (Wildman–Crippen MR) is 63.8 cm³/mol. The van der Waals surface area contributed by atoms with Crippen LogP contribution in [0.5, 0.6) is 0 Å². The number of nitrogens with one attached hydrogen (secondary N) is 1. The van der Waals surface area contributed by atoms with E-state index in [0.29, 0.717) is 17.4 Å². The summed E-state index contributed by atoms with van der Waals surface area (Å²) in [4.78, 5) is 0. The van der Waals surface area contributed by atoms with E-state index >= 15 is 0 Å². The van der Waals surface area contributed by atoms with Crippen molar-refractivity contribution in [2.75, 3.05) is 0 Å². The van der Waals surface area contributed by atoms with Crippen molar-refractivity contribution in [3.05, 3.63) is 28.6 Å². The monoisotopic (exact) mass is 219 g/mol. The van der Waals surface area contributed by atoms with Crippen molar-refractivity contribution in [2.45, 2.75) is 26.7 Å². The molecule has 0 amide bonds. The zero-order valence-corrected chi connectivity index (χ0v) is 9.62. The summed E-state index contributed by atoms with van der Waals surface area (Å²) in [6.45, 7) is 4.22. The normalized spacial score (nSPS) is 21.2. The quantitative estimate of drug-likeness (QED) is 0.224. The van der Waals surface area contributed by atoms with Gasteiger partial charge in [-0.05, 0) is 32.6 Å². The standard InChI is InChI=1S/C11H17N5/c1-3-6(2)7-4-8-9(5-7)15-16-10(8)11(12)14-13/h3,7H,4-5,13H2,1-2H3,(H2,12,14)(H,15,16)/b6-3+. The van der Waals surface area contributed by atoms with Gasteiger partial charge in [-0.3, -0.25) is 5.10 Å². The van der Waals surface area contributed by atoms with Crippen LogP contribution in [-0.4, -0.2) is 16.0 Å². The van der Waals surface area contributed by atoms with Gasteiger partial charge in [-0.15, -0.1) is 0 Å². The van der Waals surface area contributed by atoms with Crippen LogP contribution < -0.4 is 11.6 Å². The van der Waals surface area contributed by atoms with Crippen LogP contribution in [0.2, 0.25) is 0 Å². The molecule has 1 atom stereocenters. The minimum Gasteiger partial charge on any atom is -0.380 e. The highest BCUT2D eigenvalue weighted by Crippen LogP contribution is 2.31. The lowest BCUT2D eigenvalue weighted by Gasteiger charge is -2.09. The Balaban J connectivity index is 2.29. The number of hydrazone groups is 1. The molecule has 1 aliphatic rings. The van der Waals surface area contributed by atoms with E-state index in [4.69, 9.17) is 11.6 Å². The van der Waals surface area contributed by atoms with Crippen LogP contribution >= 0.6 is 0 Å². The van der Waals surface area contributed by atoms with Gasteiger partial charge in [0.25, 0.3) is 0 Å². The zero-order chi connectivity index (χ0) is 11.7.